The normalized spacial score (nSPS) is 13.9. The smallest absolute Gasteiger partial charge is 0.312 e. The quantitative estimate of drug-likeness (QED) is 0.476. The first-order chi connectivity index (χ1) is 8.58. The predicted octanol–water partition coefficient (Wildman–Crippen LogP) is -1.98. The average Bonchev–Trinajstić information content (AvgIpc) is 2.81. The Balaban J connectivity index is 1.95. The topological polar surface area (TPSA) is 106 Å². The summed E-state index contributed by atoms with van der Waals surface area (Å²) in [5.41, 5.74) is 5.24. The van der Waals surface area contributed by atoms with E-state index < -0.39 is 11.8 Å². The summed E-state index contributed by atoms with van der Waals surface area (Å²) in [5.74, 6) is -0.659. The van der Waals surface area contributed by atoms with Crippen molar-refractivity contribution in [1.29, 1.82) is 0 Å². The molecule has 0 aromatic carbocycles. The molecular weight excluding hydrogens is 256 g/mol. The van der Waals surface area contributed by atoms with E-state index in [9.17, 15) is 9.59 Å². The van der Waals surface area contributed by atoms with Crippen molar-refractivity contribution in [3.63, 3.8) is 0 Å². The maximum absolute atomic E-state index is 11.8. The molecule has 0 saturated heterocycles. The fourth-order valence-electron chi connectivity index (χ4n) is 1.63. The minimum atomic E-state index is -0.712. The fraction of sp³-hybridized carbons (Fsp3) is 0.444. The molecule has 0 bridgehead atoms. The van der Waals surface area contributed by atoms with Crippen LogP contribution in [-0.4, -0.2) is 49.6 Å². The number of hydrogen-bond donors (Lipinski definition) is 2. The average molecular weight is 268 g/mol. The van der Waals surface area contributed by atoms with Gasteiger partial charge in [0.25, 0.3) is 0 Å². The van der Waals surface area contributed by atoms with Gasteiger partial charge in [-0.05, 0) is 0 Å². The lowest BCUT2D eigenvalue weighted by Crippen LogP contribution is -2.47. The van der Waals surface area contributed by atoms with E-state index in [1.54, 1.807) is 6.33 Å². The zero-order chi connectivity index (χ0) is 13.1. The third kappa shape index (κ3) is 2.62. The van der Waals surface area contributed by atoms with Crippen LogP contribution in [0.15, 0.2) is 6.33 Å². The maximum Gasteiger partial charge on any atom is 0.312 e. The van der Waals surface area contributed by atoms with Crippen LogP contribution in [0, 0.1) is 0 Å². The molecule has 96 valence electrons. The second-order valence-electron chi connectivity index (χ2n) is 3.82. The summed E-state index contributed by atoms with van der Waals surface area (Å²) in [5, 5.41) is 9.97. The van der Waals surface area contributed by atoms with Gasteiger partial charge in [0.2, 0.25) is 0 Å². The lowest BCUT2D eigenvalue weighted by Gasteiger charge is -2.26. The highest BCUT2D eigenvalue weighted by Gasteiger charge is 2.26. The number of amides is 2. The summed E-state index contributed by atoms with van der Waals surface area (Å²) in [6.07, 6.45) is 1.60. The van der Waals surface area contributed by atoms with Crippen LogP contribution in [0.25, 0.3) is 0 Å². The van der Waals surface area contributed by atoms with Crippen molar-refractivity contribution in [2.24, 2.45) is 5.73 Å². The number of carbonyl (C=O) groups excluding carboxylic acids is 2. The molecule has 0 radical (unpaired) electrons. The van der Waals surface area contributed by atoms with Gasteiger partial charge in [-0.15, -0.1) is 10.2 Å². The third-order valence-electron chi connectivity index (χ3n) is 2.54. The van der Waals surface area contributed by atoms with E-state index in [0.29, 0.717) is 18.9 Å². The van der Waals surface area contributed by atoms with Crippen LogP contribution in [0.4, 0.5) is 0 Å². The van der Waals surface area contributed by atoms with E-state index in [1.807, 2.05) is 4.57 Å². The van der Waals surface area contributed by atoms with Crippen LogP contribution in [0.5, 0.6) is 0 Å². The molecule has 0 unspecified atom stereocenters. The molecule has 0 aliphatic carbocycles. The lowest BCUT2D eigenvalue weighted by atomic mass is 10.3. The molecule has 2 rings (SSSR count). The molecule has 0 atom stereocenters. The molecule has 3 N–H and O–H groups in total. The van der Waals surface area contributed by atoms with Crippen molar-refractivity contribution in [3.8, 4) is 0 Å². The summed E-state index contributed by atoms with van der Waals surface area (Å²) >= 11 is 4.61. The Bertz CT molecular complexity index is 499. The van der Waals surface area contributed by atoms with Crippen LogP contribution < -0.4 is 11.1 Å². The van der Waals surface area contributed by atoms with E-state index in [0.717, 1.165) is 0 Å². The summed E-state index contributed by atoms with van der Waals surface area (Å²) < 4.78 is 1.84. The van der Waals surface area contributed by atoms with Crippen molar-refractivity contribution in [3.05, 3.63) is 12.2 Å². The first-order valence-electron chi connectivity index (χ1n) is 5.30. The minimum absolute atomic E-state index is 0.0178. The number of aromatic nitrogens is 3. The fourth-order valence-corrected chi connectivity index (χ4v) is 1.70. The van der Waals surface area contributed by atoms with Gasteiger partial charge in [-0.25, -0.2) is 0 Å². The Morgan fingerprint density at radius 3 is 3.00 bits per heavy atom. The van der Waals surface area contributed by atoms with Gasteiger partial charge >= 0.3 is 11.8 Å². The van der Waals surface area contributed by atoms with Crippen molar-refractivity contribution < 1.29 is 9.59 Å². The van der Waals surface area contributed by atoms with Gasteiger partial charge in [0.05, 0.1) is 18.1 Å². The van der Waals surface area contributed by atoms with Crippen LogP contribution in [0.2, 0.25) is 0 Å². The Kier molecular flexibility index (Phi) is 3.51. The number of nitrogens with one attached hydrogen (secondary N) is 1. The van der Waals surface area contributed by atoms with Gasteiger partial charge < -0.3 is 20.5 Å². The summed E-state index contributed by atoms with van der Waals surface area (Å²) in [6, 6.07) is 0. The highest BCUT2D eigenvalue weighted by atomic mass is 32.1. The standard InChI is InChI=1S/C9H12N6O2S/c10-6(18)3-11-8(16)9(17)14-1-2-15-5-12-13-7(15)4-14/h5H,1-4H2,(H2,10,18)(H,11,16). The molecule has 2 heterocycles. The largest absolute Gasteiger partial charge is 0.392 e. The summed E-state index contributed by atoms with van der Waals surface area (Å²) in [4.78, 5) is 24.9. The Hall–Kier alpha value is -2.03. The summed E-state index contributed by atoms with van der Waals surface area (Å²) in [6.45, 7) is 1.32. The van der Waals surface area contributed by atoms with Gasteiger partial charge in [0.15, 0.2) is 5.82 Å². The third-order valence-corrected chi connectivity index (χ3v) is 2.69. The van der Waals surface area contributed by atoms with Crippen LogP contribution in [0.1, 0.15) is 5.82 Å². The van der Waals surface area contributed by atoms with Gasteiger partial charge in [0.1, 0.15) is 6.33 Å². The number of carbonyl (C=O) groups is 2. The maximum atomic E-state index is 11.8. The van der Waals surface area contributed by atoms with E-state index in [2.05, 4.69) is 27.7 Å². The number of hydrogen-bond acceptors (Lipinski definition) is 5. The van der Waals surface area contributed by atoms with Crippen LogP contribution >= 0.6 is 12.2 Å². The molecule has 9 heteroatoms. The number of nitrogens with two attached hydrogens (primary N) is 1. The molecule has 0 fully saturated rings. The van der Waals surface area contributed by atoms with Crippen molar-refractivity contribution >= 4 is 29.0 Å². The van der Waals surface area contributed by atoms with Gasteiger partial charge in [0, 0.05) is 13.1 Å². The van der Waals surface area contributed by atoms with Crippen LogP contribution in [-0.2, 0) is 22.7 Å². The van der Waals surface area contributed by atoms with Crippen LogP contribution in [0.3, 0.4) is 0 Å². The zero-order valence-electron chi connectivity index (χ0n) is 9.50. The number of rotatable bonds is 2. The molecule has 18 heavy (non-hydrogen) atoms. The molecule has 0 spiro atoms. The first kappa shape index (κ1) is 12.4. The molecule has 2 amide bonds. The van der Waals surface area contributed by atoms with E-state index in [-0.39, 0.29) is 18.1 Å². The van der Waals surface area contributed by atoms with Gasteiger partial charge in [-0.1, -0.05) is 12.2 Å². The molecule has 8 nitrogen and oxygen atoms in total. The summed E-state index contributed by atoms with van der Waals surface area (Å²) in [7, 11) is 0. The second-order valence-corrected chi connectivity index (χ2v) is 4.34. The number of nitrogens with zero attached hydrogens (tertiary/aromatic N) is 4. The van der Waals surface area contributed by atoms with Gasteiger partial charge in [-0.2, -0.15) is 0 Å². The molecule has 1 aromatic heterocycles. The van der Waals surface area contributed by atoms with E-state index in [1.165, 1.54) is 4.90 Å². The highest BCUT2D eigenvalue weighted by Crippen LogP contribution is 2.08. The molecular formula is C9H12N6O2S. The zero-order valence-corrected chi connectivity index (χ0v) is 10.3. The van der Waals surface area contributed by atoms with E-state index in [4.69, 9.17) is 5.73 Å². The van der Waals surface area contributed by atoms with E-state index >= 15 is 0 Å². The van der Waals surface area contributed by atoms with Crippen molar-refractivity contribution in [1.82, 2.24) is 25.0 Å². The SMILES string of the molecule is NC(=S)CNC(=O)C(=O)N1CCn2cnnc2C1. The highest BCUT2D eigenvalue weighted by molar-refractivity contribution is 7.80. The molecule has 0 saturated carbocycles. The first-order valence-corrected chi connectivity index (χ1v) is 5.71. The Labute approximate surface area is 108 Å². The van der Waals surface area contributed by atoms with Crippen molar-refractivity contribution in [2.75, 3.05) is 13.1 Å². The molecule has 1 aliphatic heterocycles. The molecule has 1 aromatic rings. The second kappa shape index (κ2) is 5.08. The lowest BCUT2D eigenvalue weighted by molar-refractivity contribution is -0.146. The number of fused-ring (bicyclic) bond motifs is 1. The van der Waals surface area contributed by atoms with Crippen molar-refractivity contribution in [2.45, 2.75) is 13.1 Å². The Morgan fingerprint density at radius 2 is 2.28 bits per heavy atom. The number of thiocarbonyl (C=S) groups is 1. The predicted molar refractivity (Wildman–Crippen MR) is 65.2 cm³/mol. The molecule has 1 aliphatic rings. The Morgan fingerprint density at radius 1 is 1.50 bits per heavy atom. The minimum Gasteiger partial charge on any atom is -0.392 e. The monoisotopic (exact) mass is 268 g/mol. The van der Waals surface area contributed by atoms with Gasteiger partial charge in [-0.3, -0.25) is 9.59 Å².